The van der Waals surface area contributed by atoms with Gasteiger partial charge in [-0.25, -0.2) is 4.98 Å². The summed E-state index contributed by atoms with van der Waals surface area (Å²) in [7, 11) is 0. The molecule has 3 rings (SSSR count). The average Bonchev–Trinajstić information content (AvgIpc) is 2.70. The summed E-state index contributed by atoms with van der Waals surface area (Å²) >= 11 is 0. The van der Waals surface area contributed by atoms with Gasteiger partial charge in [-0.15, -0.1) is 0 Å². The summed E-state index contributed by atoms with van der Waals surface area (Å²) in [6, 6.07) is 14.2. The number of fused-ring (bicyclic) bond motifs is 1. The summed E-state index contributed by atoms with van der Waals surface area (Å²) in [5.41, 5.74) is 1.83. The highest BCUT2D eigenvalue weighted by molar-refractivity contribution is 5.94. The fourth-order valence-corrected chi connectivity index (χ4v) is 3.02. The molecule has 0 atom stereocenters. The van der Waals surface area contributed by atoms with E-state index in [9.17, 15) is 14.4 Å². The third-order valence-electron chi connectivity index (χ3n) is 4.61. The van der Waals surface area contributed by atoms with Gasteiger partial charge >= 0.3 is 0 Å². The Morgan fingerprint density at radius 1 is 1.10 bits per heavy atom. The number of rotatable bonds is 6. The second-order valence-corrected chi connectivity index (χ2v) is 7.16. The van der Waals surface area contributed by atoms with E-state index < -0.39 is 0 Å². The quantitative estimate of drug-likeness (QED) is 0.674. The van der Waals surface area contributed by atoms with E-state index in [0.29, 0.717) is 28.8 Å². The van der Waals surface area contributed by atoms with Crippen LogP contribution in [0.1, 0.15) is 42.5 Å². The van der Waals surface area contributed by atoms with E-state index in [1.807, 2.05) is 32.0 Å². The van der Waals surface area contributed by atoms with Crippen molar-refractivity contribution in [1.82, 2.24) is 20.2 Å². The molecule has 0 aliphatic rings. The first-order valence-corrected chi connectivity index (χ1v) is 9.47. The number of benzene rings is 2. The molecular formula is C22H24N4O3. The maximum absolute atomic E-state index is 13.1. The number of amides is 2. The van der Waals surface area contributed by atoms with Crippen LogP contribution in [0, 0.1) is 0 Å². The number of aromatic amines is 1. The number of hydrogen-bond donors (Lipinski definition) is 2. The molecule has 29 heavy (non-hydrogen) atoms. The van der Waals surface area contributed by atoms with Gasteiger partial charge in [-0.2, -0.15) is 0 Å². The van der Waals surface area contributed by atoms with Crippen molar-refractivity contribution in [1.29, 1.82) is 0 Å². The van der Waals surface area contributed by atoms with Crippen LogP contribution in [0.25, 0.3) is 10.9 Å². The van der Waals surface area contributed by atoms with Crippen molar-refractivity contribution in [3.05, 3.63) is 75.8 Å². The molecule has 1 aromatic heterocycles. The molecule has 2 aromatic carbocycles. The zero-order chi connectivity index (χ0) is 21.0. The van der Waals surface area contributed by atoms with Gasteiger partial charge < -0.3 is 15.2 Å². The molecule has 0 saturated carbocycles. The second kappa shape index (κ2) is 8.68. The Labute approximate surface area is 168 Å². The average molecular weight is 392 g/mol. The normalized spacial score (nSPS) is 10.9. The highest BCUT2D eigenvalue weighted by atomic mass is 16.2. The van der Waals surface area contributed by atoms with Crippen LogP contribution < -0.4 is 10.9 Å². The van der Waals surface area contributed by atoms with Crippen molar-refractivity contribution in [2.75, 3.05) is 0 Å². The summed E-state index contributed by atoms with van der Waals surface area (Å²) < 4.78 is 0. The molecule has 7 heteroatoms. The van der Waals surface area contributed by atoms with E-state index in [0.717, 1.165) is 5.56 Å². The van der Waals surface area contributed by atoms with Gasteiger partial charge in [-0.05, 0) is 43.7 Å². The van der Waals surface area contributed by atoms with Gasteiger partial charge in [-0.3, -0.25) is 14.4 Å². The van der Waals surface area contributed by atoms with Crippen molar-refractivity contribution in [3.63, 3.8) is 0 Å². The number of hydrogen-bond acceptors (Lipinski definition) is 4. The van der Waals surface area contributed by atoms with Crippen molar-refractivity contribution in [2.45, 2.75) is 39.9 Å². The SMILES string of the molecule is CC(=O)NCc1ccc(C(=O)N(Cc2nc3ccccc3c(=O)[nH]2)C(C)C)cc1. The van der Waals surface area contributed by atoms with E-state index in [2.05, 4.69) is 15.3 Å². The predicted molar refractivity (Wildman–Crippen MR) is 111 cm³/mol. The van der Waals surface area contributed by atoms with Crippen LogP contribution in [-0.2, 0) is 17.9 Å². The standard InChI is InChI=1S/C22H24N4O3/c1-14(2)26(13-20-24-19-7-5-4-6-18(19)21(28)25-20)22(29)17-10-8-16(9-11-17)12-23-15(3)27/h4-11,14H,12-13H2,1-3H3,(H,23,27)(H,24,25,28). The van der Waals surface area contributed by atoms with Crippen LogP contribution in [0.2, 0.25) is 0 Å². The Kier molecular flexibility index (Phi) is 6.07. The molecule has 2 N–H and O–H groups in total. The molecule has 0 fully saturated rings. The molecule has 1 heterocycles. The van der Waals surface area contributed by atoms with Crippen molar-refractivity contribution < 1.29 is 9.59 Å². The summed E-state index contributed by atoms with van der Waals surface area (Å²) in [4.78, 5) is 45.3. The summed E-state index contributed by atoms with van der Waals surface area (Å²) in [5, 5.41) is 3.25. The number of carbonyl (C=O) groups excluding carboxylic acids is 2. The maximum atomic E-state index is 13.1. The Bertz CT molecular complexity index is 1090. The number of nitrogens with zero attached hydrogens (tertiary/aromatic N) is 2. The highest BCUT2D eigenvalue weighted by Crippen LogP contribution is 2.14. The minimum atomic E-state index is -0.218. The number of nitrogens with one attached hydrogen (secondary N) is 2. The monoisotopic (exact) mass is 392 g/mol. The van der Waals surface area contributed by atoms with E-state index in [1.165, 1.54) is 6.92 Å². The lowest BCUT2D eigenvalue weighted by Gasteiger charge is -2.26. The second-order valence-electron chi connectivity index (χ2n) is 7.16. The topological polar surface area (TPSA) is 95.2 Å². The Morgan fingerprint density at radius 3 is 2.45 bits per heavy atom. The van der Waals surface area contributed by atoms with Crippen molar-refractivity contribution in [2.24, 2.45) is 0 Å². The highest BCUT2D eigenvalue weighted by Gasteiger charge is 2.20. The number of H-pyrrole nitrogens is 1. The van der Waals surface area contributed by atoms with Crippen molar-refractivity contribution in [3.8, 4) is 0 Å². The smallest absolute Gasteiger partial charge is 0.258 e. The lowest BCUT2D eigenvalue weighted by molar-refractivity contribution is -0.119. The first-order chi connectivity index (χ1) is 13.8. The molecular weight excluding hydrogens is 368 g/mol. The molecule has 0 unspecified atom stereocenters. The third kappa shape index (κ3) is 4.87. The van der Waals surface area contributed by atoms with Gasteiger partial charge in [0.05, 0.1) is 17.4 Å². The largest absolute Gasteiger partial charge is 0.352 e. The van der Waals surface area contributed by atoms with Gasteiger partial charge in [0, 0.05) is 25.1 Å². The van der Waals surface area contributed by atoms with Gasteiger partial charge in [-0.1, -0.05) is 24.3 Å². The molecule has 3 aromatic rings. The zero-order valence-electron chi connectivity index (χ0n) is 16.7. The zero-order valence-corrected chi connectivity index (χ0v) is 16.7. The van der Waals surface area contributed by atoms with E-state index in [1.54, 1.807) is 35.2 Å². The fourth-order valence-electron chi connectivity index (χ4n) is 3.02. The minimum Gasteiger partial charge on any atom is -0.352 e. The van der Waals surface area contributed by atoms with Crippen LogP contribution in [0.4, 0.5) is 0 Å². The number of aromatic nitrogens is 2. The van der Waals surface area contributed by atoms with Crippen LogP contribution in [0.3, 0.4) is 0 Å². The number of carbonyl (C=O) groups is 2. The van der Waals surface area contributed by atoms with Crippen LogP contribution in [0.15, 0.2) is 53.3 Å². The predicted octanol–water partition coefficient (Wildman–Crippen LogP) is 2.61. The lowest BCUT2D eigenvalue weighted by Crippen LogP contribution is -2.37. The van der Waals surface area contributed by atoms with Gasteiger partial charge in [0.2, 0.25) is 5.91 Å². The van der Waals surface area contributed by atoms with E-state index >= 15 is 0 Å². The molecule has 0 spiro atoms. The summed E-state index contributed by atoms with van der Waals surface area (Å²) in [6.07, 6.45) is 0. The van der Waals surface area contributed by atoms with Gasteiger partial charge in [0.1, 0.15) is 5.82 Å². The van der Waals surface area contributed by atoms with Crippen LogP contribution >= 0.6 is 0 Å². The molecule has 0 bridgehead atoms. The van der Waals surface area contributed by atoms with Crippen molar-refractivity contribution >= 4 is 22.7 Å². The summed E-state index contributed by atoms with van der Waals surface area (Å²) in [6.45, 7) is 5.91. The maximum Gasteiger partial charge on any atom is 0.258 e. The molecule has 0 radical (unpaired) electrons. The fraction of sp³-hybridized carbons (Fsp3) is 0.273. The molecule has 0 saturated heterocycles. The molecule has 7 nitrogen and oxygen atoms in total. The molecule has 2 amide bonds. The molecule has 150 valence electrons. The Balaban J connectivity index is 1.82. The first kappa shape index (κ1) is 20.3. The third-order valence-corrected chi connectivity index (χ3v) is 4.61. The van der Waals surface area contributed by atoms with E-state index in [4.69, 9.17) is 0 Å². The minimum absolute atomic E-state index is 0.0849. The summed E-state index contributed by atoms with van der Waals surface area (Å²) in [5.74, 6) is 0.188. The molecule has 0 aliphatic heterocycles. The van der Waals surface area contributed by atoms with Gasteiger partial charge in [0.25, 0.3) is 11.5 Å². The number of para-hydroxylation sites is 1. The Morgan fingerprint density at radius 2 is 1.79 bits per heavy atom. The Hall–Kier alpha value is -3.48. The van der Waals surface area contributed by atoms with Crippen LogP contribution in [-0.4, -0.2) is 32.7 Å². The first-order valence-electron chi connectivity index (χ1n) is 9.47. The molecule has 0 aliphatic carbocycles. The van der Waals surface area contributed by atoms with E-state index in [-0.39, 0.29) is 30.0 Å². The van der Waals surface area contributed by atoms with Gasteiger partial charge in [0.15, 0.2) is 0 Å². The van der Waals surface area contributed by atoms with Crippen LogP contribution in [0.5, 0.6) is 0 Å². The lowest BCUT2D eigenvalue weighted by atomic mass is 10.1.